The minimum absolute atomic E-state index is 1.09. The van der Waals surface area contributed by atoms with Crippen molar-refractivity contribution >= 4 is 122 Å². The molecule has 0 spiro atoms. The van der Waals surface area contributed by atoms with Crippen LogP contribution in [0.3, 0.4) is 0 Å². The van der Waals surface area contributed by atoms with Crippen molar-refractivity contribution in [3.8, 4) is 55.6 Å². The van der Waals surface area contributed by atoms with E-state index >= 15 is 0 Å². The van der Waals surface area contributed by atoms with Crippen LogP contribution in [-0.2, 0) is 0 Å². The van der Waals surface area contributed by atoms with Crippen molar-refractivity contribution in [2.24, 2.45) is 0 Å². The van der Waals surface area contributed by atoms with E-state index in [1.807, 2.05) is 18.2 Å². The van der Waals surface area contributed by atoms with Crippen molar-refractivity contribution in [1.82, 2.24) is 0 Å². The van der Waals surface area contributed by atoms with Crippen LogP contribution in [0.4, 0.5) is 56.9 Å². The monoisotopic (exact) mass is 1600 g/mol. The largest absolute Gasteiger partial charge is 0.356 e. The van der Waals surface area contributed by atoms with Crippen molar-refractivity contribution in [3.05, 3.63) is 495 Å². The third-order valence-corrected chi connectivity index (χ3v) is 22.5. The molecular formula is C119H97N5. The summed E-state index contributed by atoms with van der Waals surface area (Å²) in [5.74, 6) is 0. The Kier molecular flexibility index (Phi) is 25.0. The number of nitrogens with one attached hydrogen (secondary N) is 5. The van der Waals surface area contributed by atoms with Crippen LogP contribution in [0.1, 0.15) is 27.8 Å². The molecule has 5 N–H and O–H groups in total. The van der Waals surface area contributed by atoms with Crippen LogP contribution in [0, 0.1) is 34.6 Å². The van der Waals surface area contributed by atoms with Gasteiger partial charge in [0, 0.05) is 67.6 Å². The van der Waals surface area contributed by atoms with E-state index in [0.29, 0.717) is 0 Å². The Morgan fingerprint density at radius 3 is 0.726 bits per heavy atom. The molecule has 21 aromatic rings. The SMILES string of the molecule is Cc1ccc(-c2ccc(Nc3ccc4cc5ccccc5cc4c3)cc2)cc1.Cc1ccc(-c2ccc(Nc3ccc4ccccc4c3)cc2)cc1.Cc1ccc(-c2ccc(Nc3cccc4cc5ccccc5cc34)cc2)cc1.Cc1ccc(-c2ccc(Nc3cccc4ccccc34)cc2)cc1.Cc1ccc(-c2ccc(Nc3ccccc3)cc2)cc1. The van der Waals surface area contributed by atoms with Crippen LogP contribution < -0.4 is 26.6 Å². The van der Waals surface area contributed by atoms with Gasteiger partial charge in [0.25, 0.3) is 0 Å². The number of rotatable bonds is 15. The van der Waals surface area contributed by atoms with Crippen molar-refractivity contribution in [1.29, 1.82) is 0 Å². The van der Waals surface area contributed by atoms with Crippen molar-refractivity contribution in [2.75, 3.05) is 26.6 Å². The number of aryl methyl sites for hydroxylation is 5. The van der Waals surface area contributed by atoms with Crippen molar-refractivity contribution in [3.63, 3.8) is 0 Å². The van der Waals surface area contributed by atoms with Crippen LogP contribution >= 0.6 is 0 Å². The first-order chi connectivity index (χ1) is 60.9. The predicted octanol–water partition coefficient (Wildman–Crippen LogP) is 33.9. The zero-order chi connectivity index (χ0) is 84.3. The normalized spacial score (nSPS) is 10.8. The Labute approximate surface area is 728 Å². The summed E-state index contributed by atoms with van der Waals surface area (Å²) in [5, 5.41) is 32.6. The summed E-state index contributed by atoms with van der Waals surface area (Å²) in [6.45, 7) is 10.6. The van der Waals surface area contributed by atoms with Gasteiger partial charge in [0.1, 0.15) is 0 Å². The van der Waals surface area contributed by atoms with E-state index in [1.165, 1.54) is 148 Å². The van der Waals surface area contributed by atoms with Gasteiger partial charge in [-0.1, -0.05) is 361 Å². The topological polar surface area (TPSA) is 60.1 Å². The highest BCUT2D eigenvalue weighted by molar-refractivity contribution is 6.05. The predicted molar refractivity (Wildman–Crippen MR) is 537 cm³/mol. The number of fused-ring (bicyclic) bond motifs is 6. The molecule has 0 saturated heterocycles. The molecule has 5 heteroatoms. The average Bonchev–Trinajstić information content (AvgIpc) is 0.711. The van der Waals surface area contributed by atoms with Crippen LogP contribution in [0.5, 0.6) is 0 Å². The summed E-state index contributed by atoms with van der Waals surface area (Å²) in [6.07, 6.45) is 0. The maximum absolute atomic E-state index is 3.60. The van der Waals surface area contributed by atoms with Crippen LogP contribution in [-0.4, -0.2) is 0 Å². The van der Waals surface area contributed by atoms with Gasteiger partial charge in [0.2, 0.25) is 0 Å². The minimum Gasteiger partial charge on any atom is -0.356 e. The van der Waals surface area contributed by atoms with E-state index in [4.69, 9.17) is 0 Å². The van der Waals surface area contributed by atoms with E-state index in [0.717, 1.165) is 56.9 Å². The Morgan fingerprint density at radius 2 is 0.347 bits per heavy atom. The molecule has 0 radical (unpaired) electrons. The zero-order valence-corrected chi connectivity index (χ0v) is 70.5. The van der Waals surface area contributed by atoms with Gasteiger partial charge in [-0.05, 0) is 278 Å². The molecule has 0 aliphatic rings. The maximum Gasteiger partial charge on any atom is 0.0464 e. The fourth-order valence-corrected chi connectivity index (χ4v) is 15.5. The van der Waals surface area contributed by atoms with E-state index in [9.17, 15) is 0 Å². The first kappa shape index (κ1) is 80.6. The second-order valence-electron chi connectivity index (χ2n) is 31.8. The lowest BCUT2D eigenvalue weighted by Crippen LogP contribution is -1.92. The Balaban J connectivity index is 0.000000110. The molecule has 0 aliphatic heterocycles. The first-order valence-electron chi connectivity index (χ1n) is 42.5. The molecule has 0 aliphatic carbocycles. The Hall–Kier alpha value is -15.8. The van der Waals surface area contributed by atoms with Gasteiger partial charge in [-0.25, -0.2) is 0 Å². The van der Waals surface area contributed by atoms with Crippen LogP contribution in [0.2, 0.25) is 0 Å². The molecule has 21 aromatic carbocycles. The quantitative estimate of drug-likeness (QED) is 0.0662. The van der Waals surface area contributed by atoms with Crippen molar-refractivity contribution in [2.45, 2.75) is 34.6 Å². The molecule has 124 heavy (non-hydrogen) atoms. The summed E-state index contributed by atoms with van der Waals surface area (Å²) in [5.41, 5.74) is 29.9. The number of benzene rings is 21. The fourth-order valence-electron chi connectivity index (χ4n) is 15.5. The summed E-state index contributed by atoms with van der Waals surface area (Å²) < 4.78 is 0. The molecule has 0 amide bonds. The summed E-state index contributed by atoms with van der Waals surface area (Å²) in [4.78, 5) is 0. The molecule has 0 atom stereocenters. The number of para-hydroxylation sites is 1. The number of hydrogen-bond donors (Lipinski definition) is 5. The maximum atomic E-state index is 3.60. The average molecular weight is 1600 g/mol. The van der Waals surface area contributed by atoms with Gasteiger partial charge >= 0.3 is 0 Å². The summed E-state index contributed by atoms with van der Waals surface area (Å²) in [7, 11) is 0. The fraction of sp³-hybridized carbons (Fsp3) is 0.0420. The van der Waals surface area contributed by atoms with Gasteiger partial charge in [0.05, 0.1) is 0 Å². The Bertz CT molecular complexity index is 7110. The lowest BCUT2D eigenvalue weighted by atomic mass is 10.0. The van der Waals surface area contributed by atoms with Gasteiger partial charge in [-0.15, -0.1) is 0 Å². The molecule has 5 nitrogen and oxygen atoms in total. The zero-order valence-electron chi connectivity index (χ0n) is 70.5. The smallest absolute Gasteiger partial charge is 0.0464 e. The van der Waals surface area contributed by atoms with E-state index in [-0.39, 0.29) is 0 Å². The first-order valence-corrected chi connectivity index (χ1v) is 42.5. The standard InChI is InChI=1S/2C27H21N.2C23H19N.C19H17N/c1-19-9-11-20(12-10-19)21-13-15-25(16-14-21)28-27-8-4-7-24-17-22-5-2-3-6-23(22)18-26(24)27;1-19-6-8-20(9-7-19)21-10-13-26(14-11-21)28-27-15-12-24-16-22-4-2-3-5-23(22)17-25(24)18-27;1-17-9-11-18(12-10-17)19-13-15-21(16-14-19)24-23-8-4-6-20-5-2-3-7-22(20)23;1-17-6-8-19(9-7-17)20-10-13-22(14-11-20)24-23-15-12-18-4-2-3-5-21(18)16-23;1-15-7-9-16(10-8-15)17-11-13-19(14-12-17)20-18-5-3-2-4-6-18/h2*2-18,28H,1H3;2*2-16,24H,1H3;2-14,20H,1H3. The highest BCUT2D eigenvalue weighted by Crippen LogP contribution is 2.36. The van der Waals surface area contributed by atoms with Crippen LogP contribution in [0.25, 0.3) is 120 Å². The highest BCUT2D eigenvalue weighted by atomic mass is 14.9. The third kappa shape index (κ3) is 20.7. The van der Waals surface area contributed by atoms with Crippen molar-refractivity contribution < 1.29 is 0 Å². The summed E-state index contributed by atoms with van der Waals surface area (Å²) in [6, 6.07) is 165. The number of hydrogen-bond acceptors (Lipinski definition) is 5. The van der Waals surface area contributed by atoms with Gasteiger partial charge in [-0.2, -0.15) is 0 Å². The Morgan fingerprint density at radius 1 is 0.121 bits per heavy atom. The van der Waals surface area contributed by atoms with Crippen LogP contribution in [0.15, 0.2) is 467 Å². The third-order valence-electron chi connectivity index (χ3n) is 22.5. The molecular weight excluding hydrogens is 1500 g/mol. The minimum atomic E-state index is 1.09. The second-order valence-corrected chi connectivity index (χ2v) is 31.8. The van der Waals surface area contributed by atoms with Gasteiger partial charge in [-0.3, -0.25) is 0 Å². The van der Waals surface area contributed by atoms with Gasteiger partial charge < -0.3 is 26.6 Å². The molecule has 0 saturated carbocycles. The lowest BCUT2D eigenvalue weighted by Gasteiger charge is -2.12. The molecule has 0 unspecified atom stereocenters. The second kappa shape index (κ2) is 38.5. The molecule has 0 fully saturated rings. The van der Waals surface area contributed by atoms with E-state index < -0.39 is 0 Å². The van der Waals surface area contributed by atoms with Gasteiger partial charge in [0.15, 0.2) is 0 Å². The van der Waals surface area contributed by atoms with E-state index in [1.54, 1.807) is 0 Å². The molecule has 0 heterocycles. The molecule has 0 bridgehead atoms. The number of anilines is 10. The molecule has 598 valence electrons. The highest BCUT2D eigenvalue weighted by Gasteiger charge is 2.10. The molecule has 21 rings (SSSR count). The van der Waals surface area contributed by atoms with E-state index in [2.05, 4.69) is 510 Å². The molecule has 0 aromatic heterocycles. The lowest BCUT2D eigenvalue weighted by molar-refractivity contribution is 1.47. The summed E-state index contributed by atoms with van der Waals surface area (Å²) >= 11 is 0.